The van der Waals surface area contributed by atoms with E-state index in [-0.39, 0.29) is 39.1 Å². The first-order valence-electron chi connectivity index (χ1n) is 13.7. The second kappa shape index (κ2) is 13.7. The Morgan fingerprint density at radius 3 is 2.22 bits per heavy atom. The summed E-state index contributed by atoms with van der Waals surface area (Å²) in [4.78, 5) is 28.9. The number of amides is 2. The summed E-state index contributed by atoms with van der Waals surface area (Å²) in [5.74, 6) is -0.797. The van der Waals surface area contributed by atoms with E-state index in [1.54, 1.807) is 25.1 Å². The van der Waals surface area contributed by atoms with Gasteiger partial charge in [0.2, 0.25) is 11.8 Å². The largest absolute Gasteiger partial charge is 0.352 e. The lowest BCUT2D eigenvalue weighted by Crippen LogP contribution is -2.53. The normalized spacial score (nSPS) is 14.7. The number of nitrogens with one attached hydrogen (secondary N) is 1. The average Bonchev–Trinajstić information content (AvgIpc) is 2.94. The van der Waals surface area contributed by atoms with E-state index in [0.29, 0.717) is 0 Å². The fraction of sp³-hybridized carbons (Fsp3) is 0.355. The van der Waals surface area contributed by atoms with Crippen molar-refractivity contribution in [1.29, 1.82) is 0 Å². The molecule has 0 heterocycles. The zero-order chi connectivity index (χ0) is 29.6. The molecule has 1 unspecified atom stereocenters. The molecule has 0 bridgehead atoms. The topological polar surface area (TPSA) is 86.8 Å². The van der Waals surface area contributed by atoms with E-state index in [0.717, 1.165) is 47.5 Å². The number of carbonyl (C=O) groups is 2. The van der Waals surface area contributed by atoms with Crippen molar-refractivity contribution >= 4 is 50.7 Å². The molecule has 1 atom stereocenters. The number of aryl methyl sites for hydroxylation is 1. The second-order valence-corrected chi connectivity index (χ2v) is 13.2. The van der Waals surface area contributed by atoms with E-state index in [1.807, 2.05) is 31.2 Å². The van der Waals surface area contributed by atoms with Gasteiger partial charge in [-0.05, 0) is 62.6 Å². The molecule has 0 aliphatic heterocycles. The molecule has 0 spiro atoms. The van der Waals surface area contributed by atoms with Crippen molar-refractivity contribution in [2.75, 3.05) is 10.8 Å². The van der Waals surface area contributed by atoms with Crippen molar-refractivity contribution in [2.45, 2.75) is 69.5 Å². The standard InChI is InChI=1S/C31H35Cl2N3O4S/c1-22-10-9-11-24(16-22)20-35(23(2)31(38)34-27-12-5-3-6-13-27)30(37)21-36(28-18-25(32)17-26(33)19-28)41(39,40)29-14-7-4-8-15-29/h4,7-11,14-19,23,27H,3,5-6,12-13,20-21H2,1-2H3,(H,34,38). The molecule has 218 valence electrons. The third-order valence-electron chi connectivity index (χ3n) is 7.30. The summed E-state index contributed by atoms with van der Waals surface area (Å²) in [6, 6.07) is 19.1. The van der Waals surface area contributed by atoms with Crippen molar-refractivity contribution in [1.82, 2.24) is 10.2 Å². The highest BCUT2D eigenvalue weighted by atomic mass is 35.5. The first kappa shape index (κ1) is 30.9. The SMILES string of the molecule is Cc1cccc(CN(C(=O)CN(c2cc(Cl)cc(Cl)c2)S(=O)(=O)c2ccccc2)C(C)C(=O)NC2CCCCC2)c1. The number of anilines is 1. The summed E-state index contributed by atoms with van der Waals surface area (Å²) in [5, 5.41) is 3.56. The first-order valence-corrected chi connectivity index (χ1v) is 15.9. The minimum absolute atomic E-state index is 0.0113. The number of nitrogens with zero attached hydrogens (tertiary/aromatic N) is 2. The van der Waals surface area contributed by atoms with Gasteiger partial charge in [-0.15, -0.1) is 0 Å². The maximum Gasteiger partial charge on any atom is 0.264 e. The van der Waals surface area contributed by atoms with Gasteiger partial charge in [-0.3, -0.25) is 13.9 Å². The predicted molar refractivity (Wildman–Crippen MR) is 164 cm³/mol. The van der Waals surface area contributed by atoms with Gasteiger partial charge in [0.1, 0.15) is 12.6 Å². The van der Waals surface area contributed by atoms with Crippen LogP contribution in [0.4, 0.5) is 5.69 Å². The van der Waals surface area contributed by atoms with E-state index in [4.69, 9.17) is 23.2 Å². The summed E-state index contributed by atoms with van der Waals surface area (Å²) in [6.45, 7) is 3.21. The maximum atomic E-state index is 14.1. The van der Waals surface area contributed by atoms with Gasteiger partial charge in [-0.1, -0.05) is 90.5 Å². The lowest BCUT2D eigenvalue weighted by atomic mass is 9.95. The number of benzene rings is 3. The summed E-state index contributed by atoms with van der Waals surface area (Å²) in [7, 11) is -4.20. The summed E-state index contributed by atoms with van der Waals surface area (Å²) in [5.41, 5.74) is 1.99. The van der Waals surface area contributed by atoms with Gasteiger partial charge in [0.25, 0.3) is 10.0 Å². The van der Waals surface area contributed by atoms with Gasteiger partial charge >= 0.3 is 0 Å². The predicted octanol–water partition coefficient (Wildman–Crippen LogP) is 6.36. The third-order valence-corrected chi connectivity index (χ3v) is 9.52. The van der Waals surface area contributed by atoms with Gasteiger partial charge in [-0.2, -0.15) is 0 Å². The Morgan fingerprint density at radius 2 is 1.59 bits per heavy atom. The van der Waals surface area contributed by atoms with Crippen LogP contribution in [0.5, 0.6) is 0 Å². The molecule has 3 aromatic rings. The van der Waals surface area contributed by atoms with Gasteiger partial charge in [-0.25, -0.2) is 8.42 Å². The van der Waals surface area contributed by atoms with Crippen LogP contribution in [-0.4, -0.2) is 43.8 Å². The van der Waals surface area contributed by atoms with Gasteiger partial charge in [0, 0.05) is 22.6 Å². The number of carbonyl (C=O) groups excluding carboxylic acids is 2. The Labute approximate surface area is 252 Å². The molecular formula is C31H35Cl2N3O4S. The van der Waals surface area contributed by atoms with Crippen LogP contribution in [0, 0.1) is 6.92 Å². The summed E-state index contributed by atoms with van der Waals surface area (Å²) in [6.07, 6.45) is 5.07. The Bertz CT molecular complexity index is 1460. The molecule has 1 aliphatic carbocycles. The van der Waals surface area contributed by atoms with Crippen LogP contribution >= 0.6 is 23.2 Å². The van der Waals surface area contributed by atoms with E-state index >= 15 is 0 Å². The molecule has 1 N–H and O–H groups in total. The van der Waals surface area contributed by atoms with Crippen molar-refractivity contribution in [2.24, 2.45) is 0 Å². The fourth-order valence-corrected chi connectivity index (χ4v) is 7.02. The molecule has 0 aromatic heterocycles. The van der Waals surface area contributed by atoms with Crippen molar-refractivity contribution in [3.63, 3.8) is 0 Å². The second-order valence-electron chi connectivity index (χ2n) is 10.5. The van der Waals surface area contributed by atoms with Gasteiger partial charge in [0.15, 0.2) is 0 Å². The molecule has 1 aliphatic rings. The van der Waals surface area contributed by atoms with Crippen LogP contribution in [0.25, 0.3) is 0 Å². The van der Waals surface area contributed by atoms with E-state index < -0.39 is 28.5 Å². The maximum absolute atomic E-state index is 14.1. The van der Waals surface area contributed by atoms with Crippen LogP contribution in [0.15, 0.2) is 77.7 Å². The molecule has 7 nitrogen and oxygen atoms in total. The first-order chi connectivity index (χ1) is 19.5. The number of hydrogen-bond acceptors (Lipinski definition) is 4. The Balaban J connectivity index is 1.69. The lowest BCUT2D eigenvalue weighted by molar-refractivity contribution is -0.139. The van der Waals surface area contributed by atoms with Crippen molar-refractivity contribution in [3.8, 4) is 0 Å². The van der Waals surface area contributed by atoms with E-state index in [9.17, 15) is 18.0 Å². The molecular weight excluding hydrogens is 581 g/mol. The van der Waals surface area contributed by atoms with Crippen LogP contribution in [-0.2, 0) is 26.2 Å². The number of hydrogen-bond donors (Lipinski definition) is 1. The van der Waals surface area contributed by atoms with Crippen molar-refractivity contribution < 1.29 is 18.0 Å². The zero-order valence-electron chi connectivity index (χ0n) is 23.2. The Morgan fingerprint density at radius 1 is 0.927 bits per heavy atom. The molecule has 41 heavy (non-hydrogen) atoms. The molecule has 3 aromatic carbocycles. The lowest BCUT2D eigenvalue weighted by Gasteiger charge is -2.33. The highest BCUT2D eigenvalue weighted by molar-refractivity contribution is 7.92. The minimum Gasteiger partial charge on any atom is -0.352 e. The summed E-state index contributed by atoms with van der Waals surface area (Å²) < 4.78 is 28.7. The zero-order valence-corrected chi connectivity index (χ0v) is 25.6. The van der Waals surface area contributed by atoms with E-state index in [2.05, 4.69) is 5.32 Å². The fourth-order valence-electron chi connectivity index (χ4n) is 5.09. The van der Waals surface area contributed by atoms with Crippen LogP contribution < -0.4 is 9.62 Å². The highest BCUT2D eigenvalue weighted by Crippen LogP contribution is 2.30. The van der Waals surface area contributed by atoms with Crippen LogP contribution in [0.1, 0.15) is 50.2 Å². The number of sulfonamides is 1. The highest BCUT2D eigenvalue weighted by Gasteiger charge is 2.33. The monoisotopic (exact) mass is 615 g/mol. The van der Waals surface area contributed by atoms with E-state index in [1.165, 1.54) is 35.2 Å². The summed E-state index contributed by atoms with van der Waals surface area (Å²) >= 11 is 12.5. The third kappa shape index (κ3) is 8.03. The molecule has 0 radical (unpaired) electrons. The molecule has 1 fully saturated rings. The quantitative estimate of drug-likeness (QED) is 0.287. The molecule has 4 rings (SSSR count). The van der Waals surface area contributed by atoms with Gasteiger partial charge in [0.05, 0.1) is 10.6 Å². The average molecular weight is 617 g/mol. The minimum atomic E-state index is -4.20. The molecule has 10 heteroatoms. The molecule has 1 saturated carbocycles. The molecule has 2 amide bonds. The molecule has 0 saturated heterocycles. The number of rotatable bonds is 10. The van der Waals surface area contributed by atoms with Crippen molar-refractivity contribution in [3.05, 3.63) is 94.0 Å². The Hall–Kier alpha value is -3.07. The number of halogens is 2. The Kier molecular flexibility index (Phi) is 10.3. The van der Waals surface area contributed by atoms with Crippen LogP contribution in [0.2, 0.25) is 10.0 Å². The van der Waals surface area contributed by atoms with Gasteiger partial charge < -0.3 is 10.2 Å². The smallest absolute Gasteiger partial charge is 0.264 e. The van der Waals surface area contributed by atoms with Crippen LogP contribution in [0.3, 0.4) is 0 Å².